The van der Waals surface area contributed by atoms with Crippen LogP contribution in [0.3, 0.4) is 0 Å². The second-order valence-corrected chi connectivity index (χ2v) is 6.03. The number of carbonyl (C=O) groups is 1. The Morgan fingerprint density at radius 3 is 2.60 bits per heavy atom. The van der Waals surface area contributed by atoms with Crippen molar-refractivity contribution >= 4 is 11.9 Å². The lowest BCUT2D eigenvalue weighted by Crippen LogP contribution is -2.33. The van der Waals surface area contributed by atoms with E-state index in [2.05, 4.69) is 15.3 Å². The average molecular weight is 340 g/mol. The highest BCUT2D eigenvalue weighted by atomic mass is 16.5. The third-order valence-electron chi connectivity index (χ3n) is 4.10. The van der Waals surface area contributed by atoms with Gasteiger partial charge in [-0.2, -0.15) is 0 Å². The quantitative estimate of drug-likeness (QED) is 0.800. The Bertz CT molecular complexity index is 714. The van der Waals surface area contributed by atoms with Crippen LogP contribution in [0.5, 0.6) is 5.75 Å². The molecule has 3 rings (SSSR count). The molecule has 6 nitrogen and oxygen atoms in total. The number of rotatable bonds is 8. The van der Waals surface area contributed by atoms with E-state index in [1.807, 2.05) is 43.0 Å². The fourth-order valence-electron chi connectivity index (χ4n) is 2.72. The molecule has 1 fully saturated rings. The maximum absolute atomic E-state index is 13.0. The van der Waals surface area contributed by atoms with Crippen LogP contribution in [0.2, 0.25) is 0 Å². The average Bonchev–Trinajstić information content (AvgIpc) is 3.46. The number of benzene rings is 1. The fraction of sp³-hybridized carbons (Fsp3) is 0.421. The van der Waals surface area contributed by atoms with E-state index in [1.165, 1.54) is 0 Å². The zero-order chi connectivity index (χ0) is 17.6. The normalized spacial score (nSPS) is 13.4. The molecule has 0 spiro atoms. The molecule has 0 atom stereocenters. The highest BCUT2D eigenvalue weighted by Gasteiger charge is 2.33. The van der Waals surface area contributed by atoms with Gasteiger partial charge in [-0.05, 0) is 32.8 Å². The molecule has 1 amide bonds. The summed E-state index contributed by atoms with van der Waals surface area (Å²) in [6.45, 7) is 5.83. The lowest BCUT2D eigenvalue weighted by atomic mass is 10.1. The van der Waals surface area contributed by atoms with E-state index in [-0.39, 0.29) is 11.9 Å². The van der Waals surface area contributed by atoms with Crippen molar-refractivity contribution in [2.75, 3.05) is 18.5 Å². The molecule has 6 heteroatoms. The van der Waals surface area contributed by atoms with Gasteiger partial charge in [0.25, 0.3) is 5.91 Å². The Hall–Kier alpha value is -2.63. The van der Waals surface area contributed by atoms with Crippen molar-refractivity contribution in [2.45, 2.75) is 39.3 Å². The van der Waals surface area contributed by atoms with Crippen LogP contribution in [0.25, 0.3) is 0 Å². The topological polar surface area (TPSA) is 67.4 Å². The van der Waals surface area contributed by atoms with Crippen LogP contribution in [-0.4, -0.2) is 40.0 Å². The molecular weight excluding hydrogens is 316 g/mol. The van der Waals surface area contributed by atoms with Gasteiger partial charge < -0.3 is 15.0 Å². The molecule has 0 radical (unpaired) electrons. The molecule has 0 saturated heterocycles. The number of hydrogen-bond donors (Lipinski definition) is 1. The molecule has 1 aliphatic rings. The Morgan fingerprint density at radius 1 is 1.24 bits per heavy atom. The van der Waals surface area contributed by atoms with Gasteiger partial charge in [0.1, 0.15) is 5.75 Å². The molecule has 1 aliphatic carbocycles. The van der Waals surface area contributed by atoms with Crippen molar-refractivity contribution in [2.24, 2.45) is 0 Å². The van der Waals surface area contributed by atoms with E-state index < -0.39 is 0 Å². The second kappa shape index (κ2) is 7.96. The summed E-state index contributed by atoms with van der Waals surface area (Å²) in [6.07, 6.45) is 5.27. The number of nitrogens with one attached hydrogen (secondary N) is 1. The minimum absolute atomic E-state index is 0.0307. The molecule has 0 aliphatic heterocycles. The summed E-state index contributed by atoms with van der Waals surface area (Å²) in [5, 5.41) is 3.04. The predicted octanol–water partition coefficient (Wildman–Crippen LogP) is 3.11. The molecule has 0 unspecified atom stereocenters. The molecule has 1 saturated carbocycles. The maximum Gasteiger partial charge on any atom is 0.257 e. The summed E-state index contributed by atoms with van der Waals surface area (Å²) in [4.78, 5) is 23.3. The first-order valence-corrected chi connectivity index (χ1v) is 8.80. The number of para-hydroxylation sites is 1. The van der Waals surface area contributed by atoms with E-state index in [4.69, 9.17) is 4.74 Å². The van der Waals surface area contributed by atoms with Gasteiger partial charge in [-0.15, -0.1) is 0 Å². The summed E-state index contributed by atoms with van der Waals surface area (Å²) in [6, 6.07) is 8.17. The molecule has 0 bridgehead atoms. The molecule has 2 aromatic rings. The van der Waals surface area contributed by atoms with E-state index in [9.17, 15) is 4.79 Å². The highest BCUT2D eigenvalue weighted by molar-refractivity contribution is 5.94. The number of ether oxygens (including phenoxy) is 1. The van der Waals surface area contributed by atoms with Crippen molar-refractivity contribution in [3.63, 3.8) is 0 Å². The molecule has 1 N–H and O–H groups in total. The molecule has 25 heavy (non-hydrogen) atoms. The highest BCUT2D eigenvalue weighted by Crippen LogP contribution is 2.31. The molecule has 1 heterocycles. The first kappa shape index (κ1) is 17.2. The fourth-order valence-corrected chi connectivity index (χ4v) is 2.72. The maximum atomic E-state index is 13.0. The summed E-state index contributed by atoms with van der Waals surface area (Å²) >= 11 is 0. The Balaban J connectivity index is 1.78. The van der Waals surface area contributed by atoms with Crippen LogP contribution < -0.4 is 10.1 Å². The monoisotopic (exact) mass is 340 g/mol. The van der Waals surface area contributed by atoms with Gasteiger partial charge in [-0.25, -0.2) is 9.97 Å². The van der Waals surface area contributed by atoms with Gasteiger partial charge in [-0.3, -0.25) is 4.79 Å². The Morgan fingerprint density at radius 2 is 1.96 bits per heavy atom. The largest absolute Gasteiger partial charge is 0.494 e. The van der Waals surface area contributed by atoms with Gasteiger partial charge in [0.2, 0.25) is 5.95 Å². The van der Waals surface area contributed by atoms with Gasteiger partial charge in [0.05, 0.1) is 12.2 Å². The van der Waals surface area contributed by atoms with E-state index in [0.29, 0.717) is 24.7 Å². The summed E-state index contributed by atoms with van der Waals surface area (Å²) in [5.74, 6) is 1.35. The third-order valence-corrected chi connectivity index (χ3v) is 4.10. The van der Waals surface area contributed by atoms with Crippen molar-refractivity contribution < 1.29 is 9.53 Å². The minimum atomic E-state index is -0.0307. The number of nitrogens with zero attached hydrogens (tertiary/aromatic N) is 3. The lowest BCUT2D eigenvalue weighted by molar-refractivity contribution is 0.0727. The number of aromatic nitrogens is 2. The number of hydrogen-bond acceptors (Lipinski definition) is 5. The predicted molar refractivity (Wildman–Crippen MR) is 96.7 cm³/mol. The lowest BCUT2D eigenvalue weighted by Gasteiger charge is -2.23. The number of amides is 1. The van der Waals surface area contributed by atoms with Crippen LogP contribution in [0.1, 0.15) is 42.6 Å². The van der Waals surface area contributed by atoms with Gasteiger partial charge in [-0.1, -0.05) is 18.2 Å². The van der Waals surface area contributed by atoms with Crippen LogP contribution in [-0.2, 0) is 6.54 Å². The van der Waals surface area contributed by atoms with Gasteiger partial charge >= 0.3 is 0 Å². The first-order chi connectivity index (χ1) is 12.2. The van der Waals surface area contributed by atoms with Crippen molar-refractivity contribution in [3.8, 4) is 5.75 Å². The molecule has 1 aromatic carbocycles. The number of anilines is 1. The standard InChI is InChI=1S/C19H24N4O2/c1-3-20-19-21-11-15(12-22-19)18(24)23(16-9-10-16)13-14-7-5-6-8-17(14)25-4-2/h5-8,11-12,16H,3-4,9-10,13H2,1-2H3,(H,20,21,22). The van der Waals surface area contributed by atoms with Gasteiger partial charge in [0.15, 0.2) is 0 Å². The van der Waals surface area contributed by atoms with E-state index in [1.54, 1.807) is 12.4 Å². The Labute approximate surface area is 148 Å². The van der Waals surface area contributed by atoms with E-state index >= 15 is 0 Å². The van der Waals surface area contributed by atoms with E-state index in [0.717, 1.165) is 30.7 Å². The molecular formula is C19H24N4O2. The first-order valence-electron chi connectivity index (χ1n) is 8.80. The van der Waals surface area contributed by atoms with Crippen LogP contribution in [0.4, 0.5) is 5.95 Å². The SMILES string of the molecule is CCNc1ncc(C(=O)N(Cc2ccccc2OCC)C2CC2)cn1. The van der Waals surface area contributed by atoms with Crippen LogP contribution >= 0.6 is 0 Å². The summed E-state index contributed by atoms with van der Waals surface area (Å²) < 4.78 is 5.70. The minimum Gasteiger partial charge on any atom is -0.494 e. The summed E-state index contributed by atoms with van der Waals surface area (Å²) in [5.41, 5.74) is 1.54. The van der Waals surface area contributed by atoms with Crippen LogP contribution in [0.15, 0.2) is 36.7 Å². The van der Waals surface area contributed by atoms with Gasteiger partial charge in [0, 0.05) is 37.1 Å². The van der Waals surface area contributed by atoms with Crippen molar-refractivity contribution in [1.29, 1.82) is 0 Å². The Kier molecular flexibility index (Phi) is 5.48. The van der Waals surface area contributed by atoms with Crippen molar-refractivity contribution in [3.05, 3.63) is 47.8 Å². The van der Waals surface area contributed by atoms with Crippen molar-refractivity contribution in [1.82, 2.24) is 14.9 Å². The second-order valence-electron chi connectivity index (χ2n) is 6.03. The number of carbonyl (C=O) groups excluding carboxylic acids is 1. The zero-order valence-corrected chi connectivity index (χ0v) is 14.7. The third kappa shape index (κ3) is 4.26. The zero-order valence-electron chi connectivity index (χ0n) is 14.7. The summed E-state index contributed by atoms with van der Waals surface area (Å²) in [7, 11) is 0. The smallest absolute Gasteiger partial charge is 0.257 e. The molecule has 132 valence electrons. The molecule has 1 aromatic heterocycles. The van der Waals surface area contributed by atoms with Crippen LogP contribution in [0, 0.1) is 0 Å².